The molecule has 3 rings (SSSR count). The van der Waals surface area contributed by atoms with E-state index in [1.54, 1.807) is 6.07 Å². The average molecular weight is 282 g/mol. The second kappa shape index (κ2) is 4.58. The molecule has 0 atom stereocenters. The third kappa shape index (κ3) is 2.13. The molecule has 1 aromatic heterocycles. The van der Waals surface area contributed by atoms with Gasteiger partial charge in [0.05, 0.1) is 16.1 Å². The lowest BCUT2D eigenvalue weighted by molar-refractivity contribution is 0.372. The molecule has 6 heteroatoms. The molecule has 0 aliphatic heterocycles. The van der Waals surface area contributed by atoms with Crippen LogP contribution in [0.3, 0.4) is 0 Å². The fraction of sp³-hybridized carbons (Fsp3) is 0.385. The molecule has 1 saturated carbocycles. The highest BCUT2D eigenvalue weighted by atomic mass is 35.5. The maximum Gasteiger partial charge on any atom is 0.262 e. The van der Waals surface area contributed by atoms with E-state index in [0.29, 0.717) is 5.82 Å². The number of halogens is 2. The molecule has 2 aromatic rings. The summed E-state index contributed by atoms with van der Waals surface area (Å²) in [5.41, 5.74) is 5.81. The molecule has 4 nitrogen and oxygen atoms in total. The zero-order chi connectivity index (χ0) is 13.5. The highest BCUT2D eigenvalue weighted by molar-refractivity contribution is 6.33. The van der Waals surface area contributed by atoms with E-state index in [4.69, 9.17) is 21.9 Å². The molecule has 0 spiro atoms. The first kappa shape index (κ1) is 12.6. The molecule has 0 radical (unpaired) electrons. The van der Waals surface area contributed by atoms with E-state index in [1.807, 2.05) is 0 Å². The second-order valence-corrected chi connectivity index (χ2v) is 5.29. The quantitative estimate of drug-likeness (QED) is 0.917. The van der Waals surface area contributed by atoms with Crippen molar-refractivity contribution in [2.75, 3.05) is 0 Å². The summed E-state index contributed by atoms with van der Waals surface area (Å²) in [5, 5.41) is 4.14. The van der Waals surface area contributed by atoms with Crippen LogP contribution in [0.4, 0.5) is 4.39 Å². The van der Waals surface area contributed by atoms with Gasteiger partial charge in [-0.2, -0.15) is 4.98 Å². The fourth-order valence-corrected chi connectivity index (χ4v) is 2.70. The van der Waals surface area contributed by atoms with Gasteiger partial charge in [0.15, 0.2) is 5.82 Å². The SMILES string of the molecule is NC1(c2noc(-c3c(F)cccc3Cl)n2)CCCC1. The van der Waals surface area contributed by atoms with Crippen LogP contribution in [-0.2, 0) is 5.54 Å². The Morgan fingerprint density at radius 3 is 2.74 bits per heavy atom. The number of aromatic nitrogens is 2. The van der Waals surface area contributed by atoms with Gasteiger partial charge in [-0.25, -0.2) is 4.39 Å². The Kier molecular flexibility index (Phi) is 3.03. The van der Waals surface area contributed by atoms with E-state index in [0.717, 1.165) is 25.7 Å². The maximum atomic E-state index is 13.8. The lowest BCUT2D eigenvalue weighted by Crippen LogP contribution is -2.34. The third-order valence-corrected chi connectivity index (χ3v) is 3.86. The van der Waals surface area contributed by atoms with Crippen molar-refractivity contribution >= 4 is 11.6 Å². The first-order chi connectivity index (χ1) is 9.10. The van der Waals surface area contributed by atoms with Gasteiger partial charge in [0.2, 0.25) is 0 Å². The topological polar surface area (TPSA) is 64.9 Å². The predicted molar refractivity (Wildman–Crippen MR) is 69.0 cm³/mol. The summed E-state index contributed by atoms with van der Waals surface area (Å²) in [7, 11) is 0. The number of hydrogen-bond donors (Lipinski definition) is 1. The van der Waals surface area contributed by atoms with Crippen LogP contribution in [0.15, 0.2) is 22.7 Å². The molecule has 0 saturated heterocycles. The van der Waals surface area contributed by atoms with Crippen molar-refractivity contribution in [3.8, 4) is 11.5 Å². The van der Waals surface area contributed by atoms with Crippen LogP contribution in [0.1, 0.15) is 31.5 Å². The van der Waals surface area contributed by atoms with Gasteiger partial charge in [-0.15, -0.1) is 0 Å². The Bertz CT molecular complexity index is 587. The minimum Gasteiger partial charge on any atom is -0.334 e. The van der Waals surface area contributed by atoms with Gasteiger partial charge in [0.25, 0.3) is 5.89 Å². The molecule has 2 N–H and O–H groups in total. The van der Waals surface area contributed by atoms with Crippen LogP contribution in [0.2, 0.25) is 5.02 Å². The van der Waals surface area contributed by atoms with Crippen LogP contribution in [-0.4, -0.2) is 10.1 Å². The molecule has 1 aromatic carbocycles. The van der Waals surface area contributed by atoms with Crippen molar-refractivity contribution in [1.29, 1.82) is 0 Å². The largest absolute Gasteiger partial charge is 0.334 e. The Morgan fingerprint density at radius 1 is 1.32 bits per heavy atom. The molecule has 0 amide bonds. The highest BCUT2D eigenvalue weighted by Crippen LogP contribution is 2.36. The summed E-state index contributed by atoms with van der Waals surface area (Å²) in [6.07, 6.45) is 3.72. The summed E-state index contributed by atoms with van der Waals surface area (Å²) in [6, 6.07) is 4.41. The first-order valence-electron chi connectivity index (χ1n) is 6.18. The predicted octanol–water partition coefficient (Wildman–Crippen LogP) is 3.26. The lowest BCUT2D eigenvalue weighted by Gasteiger charge is -2.17. The van der Waals surface area contributed by atoms with Gasteiger partial charge < -0.3 is 10.3 Å². The maximum absolute atomic E-state index is 13.8. The van der Waals surface area contributed by atoms with Gasteiger partial charge in [-0.3, -0.25) is 0 Å². The fourth-order valence-electron chi connectivity index (χ4n) is 2.46. The Morgan fingerprint density at radius 2 is 2.05 bits per heavy atom. The van der Waals surface area contributed by atoms with E-state index >= 15 is 0 Å². The molecular formula is C13H13ClFN3O. The van der Waals surface area contributed by atoms with Crippen molar-refractivity contribution in [1.82, 2.24) is 10.1 Å². The number of nitrogens with zero attached hydrogens (tertiary/aromatic N) is 2. The standard InChI is InChI=1S/C13H13ClFN3O/c14-8-4-3-5-9(15)10(8)11-17-12(18-19-11)13(16)6-1-2-7-13/h3-5H,1-2,6-7,16H2. The number of rotatable bonds is 2. The van der Waals surface area contributed by atoms with Crippen molar-refractivity contribution in [3.05, 3.63) is 34.9 Å². The third-order valence-electron chi connectivity index (χ3n) is 3.54. The summed E-state index contributed by atoms with van der Waals surface area (Å²) < 4.78 is 18.9. The molecule has 1 fully saturated rings. The molecule has 19 heavy (non-hydrogen) atoms. The zero-order valence-corrected chi connectivity index (χ0v) is 11.0. The Balaban J connectivity index is 2.02. The van der Waals surface area contributed by atoms with Crippen molar-refractivity contribution in [2.24, 2.45) is 5.73 Å². The van der Waals surface area contributed by atoms with Crippen molar-refractivity contribution in [3.63, 3.8) is 0 Å². The molecule has 1 aliphatic rings. The number of benzene rings is 1. The summed E-state index contributed by atoms with van der Waals surface area (Å²) >= 11 is 5.97. The van der Waals surface area contributed by atoms with Crippen LogP contribution >= 0.6 is 11.6 Å². The number of hydrogen-bond acceptors (Lipinski definition) is 4. The zero-order valence-electron chi connectivity index (χ0n) is 10.2. The van der Waals surface area contributed by atoms with Crippen LogP contribution in [0.25, 0.3) is 11.5 Å². The van der Waals surface area contributed by atoms with Gasteiger partial charge in [-0.1, -0.05) is 35.7 Å². The van der Waals surface area contributed by atoms with Gasteiger partial charge in [-0.05, 0) is 25.0 Å². The van der Waals surface area contributed by atoms with Crippen LogP contribution in [0, 0.1) is 5.82 Å². The molecule has 1 aliphatic carbocycles. The number of nitrogens with two attached hydrogens (primary N) is 1. The van der Waals surface area contributed by atoms with E-state index in [1.165, 1.54) is 12.1 Å². The van der Waals surface area contributed by atoms with E-state index in [2.05, 4.69) is 10.1 Å². The molecular weight excluding hydrogens is 269 g/mol. The molecule has 1 heterocycles. The Labute approximate surface area is 114 Å². The second-order valence-electron chi connectivity index (χ2n) is 4.88. The van der Waals surface area contributed by atoms with E-state index < -0.39 is 11.4 Å². The van der Waals surface area contributed by atoms with Crippen molar-refractivity contribution in [2.45, 2.75) is 31.2 Å². The van der Waals surface area contributed by atoms with Crippen molar-refractivity contribution < 1.29 is 8.91 Å². The van der Waals surface area contributed by atoms with E-state index in [9.17, 15) is 4.39 Å². The Hall–Kier alpha value is -1.46. The van der Waals surface area contributed by atoms with Crippen LogP contribution < -0.4 is 5.73 Å². The summed E-state index contributed by atoms with van der Waals surface area (Å²) in [5.74, 6) is 0.0225. The highest BCUT2D eigenvalue weighted by Gasteiger charge is 2.36. The average Bonchev–Trinajstić information content (AvgIpc) is 2.99. The van der Waals surface area contributed by atoms with Gasteiger partial charge in [0, 0.05) is 0 Å². The minimum atomic E-state index is -0.556. The van der Waals surface area contributed by atoms with Gasteiger partial charge in [0.1, 0.15) is 5.82 Å². The van der Waals surface area contributed by atoms with E-state index in [-0.39, 0.29) is 16.5 Å². The van der Waals surface area contributed by atoms with Gasteiger partial charge >= 0.3 is 0 Å². The normalized spacial score (nSPS) is 17.8. The summed E-state index contributed by atoms with van der Waals surface area (Å²) in [6.45, 7) is 0. The summed E-state index contributed by atoms with van der Waals surface area (Å²) in [4.78, 5) is 4.23. The molecule has 100 valence electrons. The first-order valence-corrected chi connectivity index (χ1v) is 6.55. The monoisotopic (exact) mass is 281 g/mol. The molecule has 0 bridgehead atoms. The minimum absolute atomic E-state index is 0.0785. The molecule has 0 unspecified atom stereocenters. The van der Waals surface area contributed by atoms with Crippen LogP contribution in [0.5, 0.6) is 0 Å². The lowest BCUT2D eigenvalue weighted by atomic mass is 9.99. The smallest absolute Gasteiger partial charge is 0.262 e.